The van der Waals surface area contributed by atoms with Crippen molar-refractivity contribution in [1.82, 2.24) is 19.2 Å². The maximum atomic E-state index is 13.1. The molecule has 0 unspecified atom stereocenters. The van der Waals surface area contributed by atoms with Crippen molar-refractivity contribution >= 4 is 17.0 Å². The van der Waals surface area contributed by atoms with Crippen molar-refractivity contribution in [3.63, 3.8) is 0 Å². The Hall–Kier alpha value is -3.84. The van der Waals surface area contributed by atoms with Crippen LogP contribution in [0.5, 0.6) is 11.5 Å². The topological polar surface area (TPSA) is 61.5 Å². The van der Waals surface area contributed by atoms with E-state index in [0.717, 1.165) is 52.3 Å². The van der Waals surface area contributed by atoms with Crippen LogP contribution < -0.4 is 15.0 Å². The molecule has 7 heteroatoms. The van der Waals surface area contributed by atoms with Gasteiger partial charge in [-0.25, -0.2) is 0 Å². The number of pyridine rings is 1. The molecule has 6 rings (SSSR count). The second-order valence-electron chi connectivity index (χ2n) is 8.75. The zero-order valence-corrected chi connectivity index (χ0v) is 18.9. The smallest absolute Gasteiger partial charge is 0.255 e. The largest absolute Gasteiger partial charge is 0.454 e. The number of nitrogens with zero attached hydrogens (tertiary/aromatic N) is 4. The van der Waals surface area contributed by atoms with Gasteiger partial charge in [0.2, 0.25) is 6.79 Å². The fraction of sp³-hybridized carbons (Fsp3) is 0.259. The molecule has 0 atom stereocenters. The highest BCUT2D eigenvalue weighted by Gasteiger charge is 2.16. The van der Waals surface area contributed by atoms with Gasteiger partial charge in [-0.05, 0) is 79.5 Å². The van der Waals surface area contributed by atoms with Gasteiger partial charge in [0.1, 0.15) is 0 Å². The van der Waals surface area contributed by atoms with Crippen LogP contribution in [0, 0.1) is 0 Å². The molecule has 4 aromatic rings. The van der Waals surface area contributed by atoms with E-state index in [4.69, 9.17) is 14.6 Å². The first-order chi connectivity index (χ1) is 16.7. The third kappa shape index (κ3) is 3.68. The lowest BCUT2D eigenvalue weighted by Crippen LogP contribution is -2.24. The Kier molecular flexibility index (Phi) is 5.19. The maximum absolute atomic E-state index is 13.1. The molecule has 2 aliphatic rings. The van der Waals surface area contributed by atoms with Gasteiger partial charge in [-0.15, -0.1) is 0 Å². The first kappa shape index (κ1) is 20.7. The molecule has 0 bridgehead atoms. The third-order valence-electron chi connectivity index (χ3n) is 6.69. The summed E-state index contributed by atoms with van der Waals surface area (Å²) in [6, 6.07) is 15.3. The number of likely N-dealkylation sites (tertiary alicyclic amines) is 1. The molecule has 7 nitrogen and oxygen atoms in total. The van der Waals surface area contributed by atoms with Crippen LogP contribution in [-0.2, 0) is 6.54 Å². The van der Waals surface area contributed by atoms with Crippen molar-refractivity contribution in [2.45, 2.75) is 19.4 Å². The first-order valence-electron chi connectivity index (χ1n) is 11.7. The third-order valence-corrected chi connectivity index (χ3v) is 6.69. The van der Waals surface area contributed by atoms with Crippen molar-refractivity contribution in [2.24, 2.45) is 0 Å². The molecule has 172 valence electrons. The number of rotatable bonds is 6. The second kappa shape index (κ2) is 8.50. The molecular weight excluding hydrogens is 428 g/mol. The van der Waals surface area contributed by atoms with Gasteiger partial charge in [0.15, 0.2) is 11.5 Å². The molecule has 2 aliphatic heterocycles. The monoisotopic (exact) mass is 454 g/mol. The van der Waals surface area contributed by atoms with Gasteiger partial charge in [0.05, 0.1) is 17.8 Å². The Balaban J connectivity index is 1.31. The average Bonchev–Trinajstić information content (AvgIpc) is 3.61. The van der Waals surface area contributed by atoms with E-state index < -0.39 is 0 Å². The highest BCUT2D eigenvalue weighted by atomic mass is 16.7. The van der Waals surface area contributed by atoms with E-state index in [1.807, 2.05) is 48.7 Å². The number of ether oxygens (including phenoxy) is 2. The van der Waals surface area contributed by atoms with E-state index in [0.29, 0.717) is 5.75 Å². The highest BCUT2D eigenvalue weighted by Crippen LogP contribution is 2.35. The van der Waals surface area contributed by atoms with Crippen molar-refractivity contribution in [2.75, 3.05) is 26.4 Å². The van der Waals surface area contributed by atoms with Crippen LogP contribution in [0.1, 0.15) is 18.5 Å². The summed E-state index contributed by atoms with van der Waals surface area (Å²) in [5.41, 5.74) is 4.35. The number of aromatic nitrogens is 3. The van der Waals surface area contributed by atoms with Crippen molar-refractivity contribution in [3.8, 4) is 28.3 Å². The molecule has 0 amide bonds. The molecule has 2 aromatic heterocycles. The van der Waals surface area contributed by atoms with Gasteiger partial charge < -0.3 is 14.4 Å². The molecule has 1 saturated heterocycles. The fourth-order valence-corrected chi connectivity index (χ4v) is 4.85. The summed E-state index contributed by atoms with van der Waals surface area (Å²) in [5.74, 6) is 1.43. The molecule has 0 radical (unpaired) electrons. The number of fused-ring (bicyclic) bond motifs is 2. The van der Waals surface area contributed by atoms with Crippen LogP contribution >= 0.6 is 0 Å². The van der Waals surface area contributed by atoms with E-state index >= 15 is 0 Å². The van der Waals surface area contributed by atoms with Gasteiger partial charge in [-0.2, -0.15) is 5.10 Å². The van der Waals surface area contributed by atoms with Crippen LogP contribution in [0.4, 0.5) is 0 Å². The van der Waals surface area contributed by atoms with Crippen LogP contribution in [-0.4, -0.2) is 45.7 Å². The number of hydrogen-bond donors (Lipinski definition) is 0. The Morgan fingerprint density at radius 2 is 1.76 bits per heavy atom. The molecule has 34 heavy (non-hydrogen) atoms. The Bertz CT molecular complexity index is 1450. The zero-order chi connectivity index (χ0) is 23.1. The predicted octanol–water partition coefficient (Wildman–Crippen LogP) is 4.32. The summed E-state index contributed by atoms with van der Waals surface area (Å²) < 4.78 is 14.6. The number of benzene rings is 2. The van der Waals surface area contributed by atoms with Crippen molar-refractivity contribution in [3.05, 3.63) is 77.4 Å². The minimum atomic E-state index is -0.101. The van der Waals surface area contributed by atoms with Crippen LogP contribution in [0.25, 0.3) is 33.8 Å². The lowest BCUT2D eigenvalue weighted by atomic mass is 10.1. The Labute approximate surface area is 197 Å². The summed E-state index contributed by atoms with van der Waals surface area (Å²) in [6.07, 6.45) is 6.16. The quantitative estimate of drug-likeness (QED) is 0.434. The lowest BCUT2D eigenvalue weighted by molar-refractivity contribution is 0.174. The van der Waals surface area contributed by atoms with Gasteiger partial charge in [-0.3, -0.25) is 14.0 Å². The van der Waals surface area contributed by atoms with Crippen LogP contribution in [0.2, 0.25) is 0 Å². The SMILES string of the molecule is C=Cc1nn(CCN2CCCC2)c2ccc(-n3ccc(-c4ccc5c(c4)OCO5)cc3=O)cc12. The Morgan fingerprint density at radius 3 is 2.59 bits per heavy atom. The Morgan fingerprint density at radius 1 is 0.941 bits per heavy atom. The van der Waals surface area contributed by atoms with E-state index in [-0.39, 0.29) is 12.4 Å². The lowest BCUT2D eigenvalue weighted by Gasteiger charge is -2.14. The summed E-state index contributed by atoms with van der Waals surface area (Å²) in [6.45, 7) is 8.35. The standard InChI is InChI=1S/C27H26N4O3/c1-2-23-22-17-21(6-7-24(22)31(28-23)14-13-29-10-3-4-11-29)30-12-9-20(16-27(30)32)19-5-8-25-26(15-19)34-18-33-25/h2,5-9,12,15-17H,1,3-4,10-11,13-14,18H2. The van der Waals surface area contributed by atoms with Gasteiger partial charge >= 0.3 is 0 Å². The molecular formula is C27H26N4O3. The molecule has 1 fully saturated rings. The van der Waals surface area contributed by atoms with Crippen LogP contribution in [0.15, 0.2) is 66.1 Å². The molecule has 4 heterocycles. The molecule has 0 aliphatic carbocycles. The predicted molar refractivity (Wildman–Crippen MR) is 133 cm³/mol. The van der Waals surface area contributed by atoms with E-state index in [9.17, 15) is 4.79 Å². The summed E-state index contributed by atoms with van der Waals surface area (Å²) in [7, 11) is 0. The maximum Gasteiger partial charge on any atom is 0.255 e. The summed E-state index contributed by atoms with van der Waals surface area (Å²) in [5, 5.41) is 5.77. The number of hydrogen-bond acceptors (Lipinski definition) is 5. The molecule has 0 saturated carbocycles. The summed E-state index contributed by atoms with van der Waals surface area (Å²) in [4.78, 5) is 15.5. The van der Waals surface area contributed by atoms with Gasteiger partial charge in [-0.1, -0.05) is 12.6 Å². The molecule has 0 N–H and O–H groups in total. The second-order valence-corrected chi connectivity index (χ2v) is 8.75. The average molecular weight is 455 g/mol. The van der Waals surface area contributed by atoms with E-state index in [1.165, 1.54) is 25.9 Å². The first-order valence-corrected chi connectivity index (χ1v) is 11.7. The summed E-state index contributed by atoms with van der Waals surface area (Å²) >= 11 is 0. The van der Waals surface area contributed by atoms with Crippen molar-refractivity contribution in [1.29, 1.82) is 0 Å². The minimum Gasteiger partial charge on any atom is -0.454 e. The molecule has 2 aromatic carbocycles. The van der Waals surface area contributed by atoms with E-state index in [2.05, 4.69) is 16.2 Å². The highest BCUT2D eigenvalue weighted by molar-refractivity contribution is 5.88. The normalized spacial score (nSPS) is 15.3. The van der Waals surface area contributed by atoms with Crippen LogP contribution in [0.3, 0.4) is 0 Å². The van der Waals surface area contributed by atoms with Crippen molar-refractivity contribution < 1.29 is 9.47 Å². The fourth-order valence-electron chi connectivity index (χ4n) is 4.85. The minimum absolute atomic E-state index is 0.101. The molecule has 0 spiro atoms. The van der Waals surface area contributed by atoms with Gasteiger partial charge in [0, 0.05) is 29.9 Å². The zero-order valence-electron chi connectivity index (χ0n) is 18.9. The van der Waals surface area contributed by atoms with Gasteiger partial charge in [0.25, 0.3) is 5.56 Å². The van der Waals surface area contributed by atoms with E-state index in [1.54, 1.807) is 16.7 Å².